The quantitative estimate of drug-likeness (QED) is 0.603. The predicted octanol–water partition coefficient (Wildman–Crippen LogP) is 0.495. The molecule has 4 heteroatoms. The van der Waals surface area contributed by atoms with E-state index in [1.54, 1.807) is 0 Å². The van der Waals surface area contributed by atoms with Crippen LogP contribution in [0, 0.1) is 0 Å². The molecule has 0 unspecified atom stereocenters. The zero-order valence-corrected chi connectivity index (χ0v) is 5.37. The van der Waals surface area contributed by atoms with Gasteiger partial charge in [0, 0.05) is 5.92 Å². The van der Waals surface area contributed by atoms with E-state index in [2.05, 4.69) is 15.2 Å². The van der Waals surface area contributed by atoms with Crippen molar-refractivity contribution in [2.45, 2.75) is 18.8 Å². The van der Waals surface area contributed by atoms with E-state index in [0.717, 1.165) is 5.82 Å². The van der Waals surface area contributed by atoms with Crippen molar-refractivity contribution in [1.29, 1.82) is 0 Å². The van der Waals surface area contributed by atoms with Crippen molar-refractivity contribution >= 4 is 6.29 Å². The highest BCUT2D eigenvalue weighted by Crippen LogP contribution is 2.37. The fraction of sp³-hybridized carbons (Fsp3) is 0.500. The van der Waals surface area contributed by atoms with Gasteiger partial charge in [-0.05, 0) is 12.8 Å². The second-order valence-corrected chi connectivity index (χ2v) is 2.47. The van der Waals surface area contributed by atoms with E-state index >= 15 is 0 Å². The normalized spacial score (nSPS) is 17.2. The van der Waals surface area contributed by atoms with Crippen molar-refractivity contribution in [3.8, 4) is 0 Å². The highest BCUT2D eigenvalue weighted by molar-refractivity contribution is 5.68. The molecular weight excluding hydrogens is 130 g/mol. The van der Waals surface area contributed by atoms with E-state index in [9.17, 15) is 4.79 Å². The van der Waals surface area contributed by atoms with Gasteiger partial charge >= 0.3 is 0 Å². The third-order valence-corrected chi connectivity index (χ3v) is 1.59. The van der Waals surface area contributed by atoms with Crippen LogP contribution in [-0.2, 0) is 0 Å². The van der Waals surface area contributed by atoms with Crippen LogP contribution in [0.5, 0.6) is 0 Å². The largest absolute Gasteiger partial charge is 0.294 e. The molecule has 0 atom stereocenters. The number of rotatable bonds is 2. The molecule has 0 bridgehead atoms. The number of H-pyrrole nitrogens is 1. The van der Waals surface area contributed by atoms with Gasteiger partial charge in [-0.2, -0.15) is 5.10 Å². The SMILES string of the molecule is O=Cc1n[nH]c(C2CC2)n1. The Hall–Kier alpha value is -1.19. The maximum Gasteiger partial charge on any atom is 0.214 e. The number of hydrogen-bond donors (Lipinski definition) is 1. The van der Waals surface area contributed by atoms with E-state index in [4.69, 9.17) is 0 Å². The molecule has 1 aromatic heterocycles. The molecule has 1 fully saturated rings. The Balaban J connectivity index is 2.26. The highest BCUT2D eigenvalue weighted by atomic mass is 16.1. The van der Waals surface area contributed by atoms with Crippen molar-refractivity contribution in [3.05, 3.63) is 11.6 Å². The number of carbonyl (C=O) groups excluding carboxylic acids is 1. The number of nitrogens with zero attached hydrogens (tertiary/aromatic N) is 2. The zero-order chi connectivity index (χ0) is 6.97. The Morgan fingerprint density at radius 3 is 2.90 bits per heavy atom. The van der Waals surface area contributed by atoms with Gasteiger partial charge in [-0.15, -0.1) is 0 Å². The van der Waals surface area contributed by atoms with Crippen molar-refractivity contribution in [2.24, 2.45) is 0 Å². The Morgan fingerprint density at radius 2 is 2.40 bits per heavy atom. The molecule has 1 aliphatic rings. The van der Waals surface area contributed by atoms with Gasteiger partial charge in [0.1, 0.15) is 5.82 Å². The molecule has 0 spiro atoms. The molecule has 0 aliphatic heterocycles. The number of nitrogens with one attached hydrogen (secondary N) is 1. The summed E-state index contributed by atoms with van der Waals surface area (Å²) in [6, 6.07) is 0. The molecule has 4 nitrogen and oxygen atoms in total. The number of carbonyl (C=O) groups is 1. The standard InChI is InChI=1S/C6H7N3O/c10-3-5-7-6(9-8-5)4-1-2-4/h3-4H,1-2H2,(H,7,8,9). The predicted molar refractivity (Wildman–Crippen MR) is 33.7 cm³/mol. The second kappa shape index (κ2) is 1.90. The molecule has 0 saturated heterocycles. The van der Waals surface area contributed by atoms with Gasteiger partial charge in [-0.3, -0.25) is 9.89 Å². The maximum atomic E-state index is 10.1. The van der Waals surface area contributed by atoms with Crippen molar-refractivity contribution in [1.82, 2.24) is 15.2 Å². The third kappa shape index (κ3) is 0.814. The van der Waals surface area contributed by atoms with Crippen LogP contribution in [0.25, 0.3) is 0 Å². The van der Waals surface area contributed by atoms with Crippen molar-refractivity contribution in [3.63, 3.8) is 0 Å². The number of aldehydes is 1. The van der Waals surface area contributed by atoms with Crippen LogP contribution in [0.2, 0.25) is 0 Å². The van der Waals surface area contributed by atoms with E-state index in [-0.39, 0.29) is 5.82 Å². The third-order valence-electron chi connectivity index (χ3n) is 1.59. The summed E-state index contributed by atoms with van der Waals surface area (Å²) < 4.78 is 0. The molecule has 0 radical (unpaired) electrons. The summed E-state index contributed by atoms with van der Waals surface area (Å²) in [5, 5.41) is 6.42. The first-order valence-corrected chi connectivity index (χ1v) is 3.27. The van der Waals surface area contributed by atoms with Crippen LogP contribution in [0.3, 0.4) is 0 Å². The maximum absolute atomic E-state index is 10.1. The summed E-state index contributed by atoms with van der Waals surface area (Å²) in [5.74, 6) is 1.67. The molecule has 2 rings (SSSR count). The van der Waals surface area contributed by atoms with E-state index in [0.29, 0.717) is 12.2 Å². The van der Waals surface area contributed by atoms with Crippen LogP contribution in [-0.4, -0.2) is 21.5 Å². The minimum absolute atomic E-state index is 0.266. The first-order chi connectivity index (χ1) is 4.90. The number of aromatic amines is 1. The lowest BCUT2D eigenvalue weighted by molar-refractivity contribution is 0.111. The Morgan fingerprint density at radius 1 is 1.60 bits per heavy atom. The monoisotopic (exact) mass is 137 g/mol. The van der Waals surface area contributed by atoms with Gasteiger partial charge in [0.15, 0.2) is 6.29 Å². The lowest BCUT2D eigenvalue weighted by Crippen LogP contribution is -1.82. The highest BCUT2D eigenvalue weighted by Gasteiger charge is 2.26. The second-order valence-electron chi connectivity index (χ2n) is 2.47. The molecular formula is C6H7N3O. The van der Waals surface area contributed by atoms with Gasteiger partial charge in [-0.25, -0.2) is 4.98 Å². The van der Waals surface area contributed by atoms with E-state index < -0.39 is 0 Å². The van der Waals surface area contributed by atoms with Crippen LogP contribution >= 0.6 is 0 Å². The van der Waals surface area contributed by atoms with Crippen LogP contribution < -0.4 is 0 Å². The van der Waals surface area contributed by atoms with E-state index in [1.165, 1.54) is 12.8 Å². The minimum atomic E-state index is 0.266. The Labute approximate surface area is 57.7 Å². The fourth-order valence-corrected chi connectivity index (χ4v) is 0.880. The van der Waals surface area contributed by atoms with Gasteiger partial charge < -0.3 is 0 Å². The Bertz CT molecular complexity index is 251. The van der Waals surface area contributed by atoms with Gasteiger partial charge in [0.05, 0.1) is 0 Å². The number of hydrogen-bond acceptors (Lipinski definition) is 3. The first-order valence-electron chi connectivity index (χ1n) is 3.27. The molecule has 10 heavy (non-hydrogen) atoms. The van der Waals surface area contributed by atoms with Gasteiger partial charge in [-0.1, -0.05) is 0 Å². The molecule has 1 aliphatic carbocycles. The average molecular weight is 137 g/mol. The lowest BCUT2D eigenvalue weighted by Gasteiger charge is -1.81. The Kier molecular flexibility index (Phi) is 1.06. The van der Waals surface area contributed by atoms with Gasteiger partial charge in [0.2, 0.25) is 5.82 Å². The van der Waals surface area contributed by atoms with Crippen molar-refractivity contribution in [2.75, 3.05) is 0 Å². The lowest BCUT2D eigenvalue weighted by atomic mass is 10.4. The zero-order valence-electron chi connectivity index (χ0n) is 5.37. The number of aromatic nitrogens is 3. The topological polar surface area (TPSA) is 58.6 Å². The smallest absolute Gasteiger partial charge is 0.214 e. The summed E-state index contributed by atoms with van der Waals surface area (Å²) in [6.45, 7) is 0. The summed E-state index contributed by atoms with van der Waals surface area (Å²) in [7, 11) is 0. The molecule has 1 N–H and O–H groups in total. The van der Waals surface area contributed by atoms with Crippen LogP contribution in [0.15, 0.2) is 0 Å². The summed E-state index contributed by atoms with van der Waals surface area (Å²) in [4.78, 5) is 14.1. The van der Waals surface area contributed by atoms with Crippen molar-refractivity contribution < 1.29 is 4.79 Å². The molecule has 1 heterocycles. The van der Waals surface area contributed by atoms with Gasteiger partial charge in [0.25, 0.3) is 0 Å². The fourth-order valence-electron chi connectivity index (χ4n) is 0.880. The molecule has 0 aromatic carbocycles. The van der Waals surface area contributed by atoms with Crippen LogP contribution in [0.1, 0.15) is 35.2 Å². The van der Waals surface area contributed by atoms with Crippen LogP contribution in [0.4, 0.5) is 0 Å². The molecule has 1 aromatic rings. The average Bonchev–Trinajstić information content (AvgIpc) is 2.70. The summed E-state index contributed by atoms with van der Waals surface area (Å²) in [5.41, 5.74) is 0. The van der Waals surface area contributed by atoms with E-state index in [1.807, 2.05) is 0 Å². The first kappa shape index (κ1) is 5.58. The minimum Gasteiger partial charge on any atom is -0.294 e. The summed E-state index contributed by atoms with van der Waals surface area (Å²) in [6.07, 6.45) is 3.00. The molecule has 52 valence electrons. The summed E-state index contributed by atoms with van der Waals surface area (Å²) >= 11 is 0. The molecule has 1 saturated carbocycles. The molecule has 0 amide bonds.